The zero-order chi connectivity index (χ0) is 18.6. The smallest absolute Gasteiger partial charge is 0.254 e. The van der Waals surface area contributed by atoms with E-state index in [-0.39, 0.29) is 17.9 Å². The van der Waals surface area contributed by atoms with Crippen LogP contribution in [-0.4, -0.2) is 51.6 Å². The van der Waals surface area contributed by atoms with Gasteiger partial charge in [-0.3, -0.25) is 13.8 Å². The molecule has 1 aromatic carbocycles. The van der Waals surface area contributed by atoms with Crippen molar-refractivity contribution in [1.82, 2.24) is 10.2 Å². The third-order valence-electron chi connectivity index (χ3n) is 4.15. The summed E-state index contributed by atoms with van der Waals surface area (Å²) in [5.74, 6) is 0.119. The summed E-state index contributed by atoms with van der Waals surface area (Å²) in [5, 5.41) is 3.69. The molecule has 0 spiro atoms. The number of benzene rings is 1. The van der Waals surface area contributed by atoms with Crippen molar-refractivity contribution < 1.29 is 13.8 Å². The number of halogens is 2. The van der Waals surface area contributed by atoms with E-state index in [1.807, 2.05) is 6.92 Å². The van der Waals surface area contributed by atoms with E-state index in [0.29, 0.717) is 40.7 Å². The molecule has 1 heterocycles. The van der Waals surface area contributed by atoms with Gasteiger partial charge in [-0.25, -0.2) is 0 Å². The molecule has 1 N–H and O–H groups in total. The fraction of sp³-hybridized carbons (Fsp3) is 0.529. The van der Waals surface area contributed by atoms with E-state index in [1.165, 1.54) is 0 Å². The SMILES string of the molecule is CC(CCS(C)=O)NC(=O)C1CCCN1C(=O)c1cc(Cl)cc(Cl)c1. The van der Waals surface area contributed by atoms with Gasteiger partial charge in [-0.15, -0.1) is 0 Å². The van der Waals surface area contributed by atoms with Gasteiger partial charge in [0.2, 0.25) is 5.91 Å². The normalized spacial score (nSPS) is 19.5. The Labute approximate surface area is 160 Å². The van der Waals surface area contributed by atoms with E-state index < -0.39 is 16.8 Å². The number of rotatable bonds is 6. The molecule has 2 amide bonds. The number of hydrogen-bond donors (Lipinski definition) is 1. The zero-order valence-corrected chi connectivity index (χ0v) is 16.6. The molecule has 1 saturated heterocycles. The van der Waals surface area contributed by atoms with Crippen LogP contribution < -0.4 is 5.32 Å². The van der Waals surface area contributed by atoms with Crippen molar-refractivity contribution in [3.63, 3.8) is 0 Å². The van der Waals surface area contributed by atoms with Gasteiger partial charge in [0.15, 0.2) is 0 Å². The largest absolute Gasteiger partial charge is 0.352 e. The molecule has 0 aliphatic carbocycles. The third kappa shape index (κ3) is 5.69. The molecule has 1 aliphatic rings. The standard InChI is InChI=1S/C17H22Cl2N2O3S/c1-11(5-7-25(2)24)20-16(22)15-4-3-6-21(15)17(23)12-8-13(18)10-14(19)9-12/h8-11,15H,3-7H2,1-2H3,(H,20,22). The number of carbonyl (C=O) groups excluding carboxylic acids is 2. The Bertz CT molecular complexity index is 664. The average molecular weight is 405 g/mol. The maximum absolute atomic E-state index is 12.8. The summed E-state index contributed by atoms with van der Waals surface area (Å²) in [4.78, 5) is 26.9. The van der Waals surface area contributed by atoms with Crippen LogP contribution in [0.3, 0.4) is 0 Å². The third-order valence-corrected chi connectivity index (χ3v) is 5.40. The van der Waals surface area contributed by atoms with Gasteiger partial charge < -0.3 is 10.2 Å². The summed E-state index contributed by atoms with van der Waals surface area (Å²) in [6.07, 6.45) is 3.67. The van der Waals surface area contributed by atoms with Gasteiger partial charge in [-0.05, 0) is 44.4 Å². The van der Waals surface area contributed by atoms with Crippen LogP contribution in [0, 0.1) is 0 Å². The molecule has 25 heavy (non-hydrogen) atoms. The summed E-state index contributed by atoms with van der Waals surface area (Å²) in [7, 11) is -0.888. The minimum Gasteiger partial charge on any atom is -0.352 e. The lowest BCUT2D eigenvalue weighted by Gasteiger charge is -2.25. The average Bonchev–Trinajstić information content (AvgIpc) is 3.00. The van der Waals surface area contributed by atoms with E-state index in [2.05, 4.69) is 5.32 Å². The molecule has 0 saturated carbocycles. The molecule has 1 aromatic rings. The molecular formula is C17H22Cl2N2O3S. The molecular weight excluding hydrogens is 383 g/mol. The van der Waals surface area contributed by atoms with Crippen molar-refractivity contribution >= 4 is 45.8 Å². The van der Waals surface area contributed by atoms with E-state index >= 15 is 0 Å². The molecule has 5 nitrogen and oxygen atoms in total. The highest BCUT2D eigenvalue weighted by molar-refractivity contribution is 7.84. The minimum atomic E-state index is -0.888. The van der Waals surface area contributed by atoms with Crippen molar-refractivity contribution in [1.29, 1.82) is 0 Å². The van der Waals surface area contributed by atoms with Gasteiger partial charge in [0, 0.05) is 51.0 Å². The Balaban J connectivity index is 2.04. The van der Waals surface area contributed by atoms with Crippen LogP contribution >= 0.6 is 23.2 Å². The number of nitrogens with zero attached hydrogens (tertiary/aromatic N) is 1. The predicted octanol–water partition coefficient (Wildman–Crippen LogP) is 2.87. The van der Waals surface area contributed by atoms with Gasteiger partial charge in [-0.2, -0.15) is 0 Å². The lowest BCUT2D eigenvalue weighted by molar-refractivity contribution is -0.125. The van der Waals surface area contributed by atoms with E-state index in [9.17, 15) is 13.8 Å². The summed E-state index contributed by atoms with van der Waals surface area (Å²) in [6.45, 7) is 2.40. The molecule has 138 valence electrons. The first-order chi connectivity index (χ1) is 11.8. The van der Waals surface area contributed by atoms with Gasteiger partial charge in [0.1, 0.15) is 6.04 Å². The summed E-state index contributed by atoms with van der Waals surface area (Å²) >= 11 is 11.9. The quantitative estimate of drug-likeness (QED) is 0.792. The fourth-order valence-electron chi connectivity index (χ4n) is 2.88. The van der Waals surface area contributed by atoms with Crippen LogP contribution in [0.1, 0.15) is 36.5 Å². The zero-order valence-electron chi connectivity index (χ0n) is 14.3. The number of carbonyl (C=O) groups is 2. The molecule has 3 unspecified atom stereocenters. The fourth-order valence-corrected chi connectivity index (χ4v) is 4.09. The van der Waals surface area contributed by atoms with Crippen LogP contribution in [0.5, 0.6) is 0 Å². The Morgan fingerprint density at radius 1 is 1.32 bits per heavy atom. The molecule has 1 aliphatic heterocycles. The molecule has 0 aromatic heterocycles. The number of nitrogens with one attached hydrogen (secondary N) is 1. The molecule has 8 heteroatoms. The van der Waals surface area contributed by atoms with Crippen molar-refractivity contribution in [2.24, 2.45) is 0 Å². The van der Waals surface area contributed by atoms with Crippen LogP contribution in [0.25, 0.3) is 0 Å². The van der Waals surface area contributed by atoms with Crippen molar-refractivity contribution in [3.05, 3.63) is 33.8 Å². The second-order valence-electron chi connectivity index (χ2n) is 6.29. The highest BCUT2D eigenvalue weighted by atomic mass is 35.5. The topological polar surface area (TPSA) is 66.5 Å². The van der Waals surface area contributed by atoms with Crippen LogP contribution in [-0.2, 0) is 15.6 Å². The maximum atomic E-state index is 12.8. The second-order valence-corrected chi connectivity index (χ2v) is 8.72. The van der Waals surface area contributed by atoms with Gasteiger partial charge in [0.05, 0.1) is 0 Å². The van der Waals surface area contributed by atoms with Gasteiger partial charge >= 0.3 is 0 Å². The lowest BCUT2D eigenvalue weighted by atomic mass is 10.1. The number of likely N-dealkylation sites (tertiary alicyclic amines) is 1. The lowest BCUT2D eigenvalue weighted by Crippen LogP contribution is -2.48. The van der Waals surface area contributed by atoms with E-state index in [1.54, 1.807) is 29.4 Å². The first kappa shape index (κ1) is 20.2. The number of amides is 2. The van der Waals surface area contributed by atoms with Crippen LogP contribution in [0.4, 0.5) is 0 Å². The summed E-state index contributed by atoms with van der Waals surface area (Å²) in [6, 6.07) is 4.09. The molecule has 0 bridgehead atoms. The Morgan fingerprint density at radius 3 is 2.56 bits per heavy atom. The summed E-state index contributed by atoms with van der Waals surface area (Å²) < 4.78 is 11.2. The first-order valence-electron chi connectivity index (χ1n) is 8.15. The predicted molar refractivity (Wildman–Crippen MR) is 102 cm³/mol. The molecule has 3 atom stereocenters. The first-order valence-corrected chi connectivity index (χ1v) is 10.6. The Kier molecular flexibility index (Phi) is 7.28. The summed E-state index contributed by atoms with van der Waals surface area (Å²) in [5.41, 5.74) is 0.381. The van der Waals surface area contributed by atoms with Gasteiger partial charge in [-0.1, -0.05) is 23.2 Å². The maximum Gasteiger partial charge on any atom is 0.254 e. The molecule has 2 rings (SSSR count). The van der Waals surface area contributed by atoms with Crippen LogP contribution in [0.2, 0.25) is 10.0 Å². The Hall–Kier alpha value is -1.11. The van der Waals surface area contributed by atoms with Crippen molar-refractivity contribution in [2.75, 3.05) is 18.6 Å². The number of hydrogen-bond acceptors (Lipinski definition) is 3. The van der Waals surface area contributed by atoms with Crippen LogP contribution in [0.15, 0.2) is 18.2 Å². The monoisotopic (exact) mass is 404 g/mol. The molecule has 0 radical (unpaired) electrons. The van der Waals surface area contributed by atoms with E-state index in [4.69, 9.17) is 23.2 Å². The minimum absolute atomic E-state index is 0.0884. The second kappa shape index (κ2) is 9.01. The van der Waals surface area contributed by atoms with Crippen molar-refractivity contribution in [3.8, 4) is 0 Å². The highest BCUT2D eigenvalue weighted by Crippen LogP contribution is 2.24. The Morgan fingerprint density at radius 2 is 1.96 bits per heavy atom. The highest BCUT2D eigenvalue weighted by Gasteiger charge is 2.35. The van der Waals surface area contributed by atoms with Crippen molar-refractivity contribution in [2.45, 2.75) is 38.3 Å². The molecule has 1 fully saturated rings. The van der Waals surface area contributed by atoms with Gasteiger partial charge in [0.25, 0.3) is 5.91 Å². The van der Waals surface area contributed by atoms with E-state index in [0.717, 1.165) is 6.42 Å².